The molecule has 142 valence electrons. The summed E-state index contributed by atoms with van der Waals surface area (Å²) in [6.45, 7) is 2.00. The van der Waals surface area contributed by atoms with Gasteiger partial charge in [0, 0.05) is 24.7 Å². The minimum Gasteiger partial charge on any atom is -0.274 e. The van der Waals surface area contributed by atoms with Crippen molar-refractivity contribution in [3.8, 4) is 0 Å². The lowest BCUT2D eigenvalue weighted by Gasteiger charge is -2.20. The van der Waals surface area contributed by atoms with Crippen LogP contribution >= 0.6 is 0 Å². The predicted octanol–water partition coefficient (Wildman–Crippen LogP) is 4.64. The number of aryl methyl sites for hydroxylation is 1. The predicted molar refractivity (Wildman–Crippen MR) is 111 cm³/mol. The molecule has 7 heteroatoms. The summed E-state index contributed by atoms with van der Waals surface area (Å²) in [6.07, 6.45) is 0. The van der Waals surface area contributed by atoms with E-state index in [9.17, 15) is 14.3 Å². The first kappa shape index (κ1) is 19.4. The van der Waals surface area contributed by atoms with Gasteiger partial charge >= 0.3 is 0 Å². The smallest absolute Gasteiger partial charge is 0.269 e. The van der Waals surface area contributed by atoms with Crippen LogP contribution in [0.4, 0.5) is 11.4 Å². The van der Waals surface area contributed by atoms with Gasteiger partial charge in [-0.15, -0.1) is 0 Å². The number of nitrogens with zero attached hydrogens (tertiary/aromatic N) is 3. The fourth-order valence-corrected chi connectivity index (χ4v) is 3.55. The van der Waals surface area contributed by atoms with Gasteiger partial charge in [-0.1, -0.05) is 48.0 Å². The number of aliphatic imine (C=N–C) groups is 1. The van der Waals surface area contributed by atoms with Crippen molar-refractivity contribution in [1.29, 1.82) is 0 Å². The minimum atomic E-state index is -1.58. The summed E-state index contributed by atoms with van der Waals surface area (Å²) in [5.74, 6) is 0.543. The molecule has 0 aliphatic heterocycles. The van der Waals surface area contributed by atoms with Crippen LogP contribution in [0.1, 0.15) is 11.1 Å². The van der Waals surface area contributed by atoms with Gasteiger partial charge < -0.3 is 0 Å². The molecule has 0 amide bonds. The van der Waals surface area contributed by atoms with Crippen molar-refractivity contribution in [2.45, 2.75) is 11.8 Å². The van der Waals surface area contributed by atoms with Crippen molar-refractivity contribution >= 4 is 28.2 Å². The zero-order chi connectivity index (χ0) is 20.1. The van der Waals surface area contributed by atoms with E-state index >= 15 is 0 Å². The van der Waals surface area contributed by atoms with Gasteiger partial charge in [-0.2, -0.15) is 0 Å². The molecule has 6 nitrogen and oxygen atoms in total. The maximum Gasteiger partial charge on any atom is 0.269 e. The Balaban J connectivity index is 1.98. The molecule has 1 unspecified atom stereocenters. The maximum atomic E-state index is 13.1. The van der Waals surface area contributed by atoms with Crippen LogP contribution in [0, 0.1) is 17.0 Å². The third-order valence-corrected chi connectivity index (χ3v) is 5.44. The van der Waals surface area contributed by atoms with E-state index in [1.807, 2.05) is 61.5 Å². The molecule has 0 saturated heterocycles. The summed E-state index contributed by atoms with van der Waals surface area (Å²) in [5.41, 5.74) is 2.65. The molecule has 1 atom stereocenters. The van der Waals surface area contributed by atoms with Crippen LogP contribution in [-0.4, -0.2) is 26.3 Å². The molecule has 0 radical (unpaired) electrons. The van der Waals surface area contributed by atoms with Gasteiger partial charge in [-0.05, 0) is 31.2 Å². The highest BCUT2D eigenvalue weighted by Crippen LogP contribution is 2.21. The zero-order valence-corrected chi connectivity index (χ0v) is 16.3. The number of amidine groups is 1. The molecule has 0 aliphatic carbocycles. The van der Waals surface area contributed by atoms with Crippen molar-refractivity contribution in [2.75, 3.05) is 7.05 Å². The third kappa shape index (κ3) is 4.50. The van der Waals surface area contributed by atoms with E-state index < -0.39 is 15.9 Å². The van der Waals surface area contributed by atoms with Gasteiger partial charge in [-0.25, -0.2) is 9.20 Å². The Morgan fingerprint density at radius 1 is 0.964 bits per heavy atom. The van der Waals surface area contributed by atoms with Gasteiger partial charge in [0.2, 0.25) is 0 Å². The number of nitro groups is 1. The van der Waals surface area contributed by atoms with Crippen LogP contribution in [0.25, 0.3) is 0 Å². The second-order valence-electron chi connectivity index (χ2n) is 6.13. The summed E-state index contributed by atoms with van der Waals surface area (Å²) in [6, 6.07) is 22.9. The van der Waals surface area contributed by atoms with Gasteiger partial charge in [0.25, 0.3) is 5.69 Å². The summed E-state index contributed by atoms with van der Waals surface area (Å²) in [5, 5.41) is 10.8. The Labute approximate surface area is 165 Å². The Hall–Kier alpha value is -3.32. The topological polar surface area (TPSA) is 75.8 Å². The highest BCUT2D eigenvalue weighted by molar-refractivity contribution is 7.83. The molecule has 3 aromatic rings. The van der Waals surface area contributed by atoms with Crippen LogP contribution in [0.3, 0.4) is 0 Å². The van der Waals surface area contributed by atoms with E-state index in [-0.39, 0.29) is 5.69 Å². The molecule has 0 spiro atoms. The molecule has 3 rings (SSSR count). The van der Waals surface area contributed by atoms with Crippen molar-refractivity contribution in [1.82, 2.24) is 4.31 Å². The van der Waals surface area contributed by atoms with Crippen LogP contribution in [0.2, 0.25) is 0 Å². The average molecular weight is 393 g/mol. The lowest BCUT2D eigenvalue weighted by molar-refractivity contribution is -0.384. The molecule has 0 aliphatic rings. The zero-order valence-electron chi connectivity index (χ0n) is 15.5. The second kappa shape index (κ2) is 8.58. The van der Waals surface area contributed by atoms with Crippen LogP contribution in [0.5, 0.6) is 0 Å². The normalized spacial score (nSPS) is 12.4. The maximum absolute atomic E-state index is 13.1. The van der Waals surface area contributed by atoms with Crippen molar-refractivity contribution < 1.29 is 9.13 Å². The Morgan fingerprint density at radius 3 is 2.14 bits per heavy atom. The molecule has 0 N–H and O–H groups in total. The molecular weight excluding hydrogens is 374 g/mol. The van der Waals surface area contributed by atoms with Gasteiger partial charge in [0.15, 0.2) is 11.0 Å². The SMILES string of the molecule is Cc1ccc(N=C(c2ccccc2)N(C)S(=O)c2ccc([N+](=O)[O-])cc2)cc1. The highest BCUT2D eigenvalue weighted by Gasteiger charge is 2.18. The van der Waals surface area contributed by atoms with Crippen molar-refractivity contribution in [3.63, 3.8) is 0 Å². The number of non-ortho nitro benzene ring substituents is 1. The van der Waals surface area contributed by atoms with Gasteiger partial charge in [0.05, 0.1) is 15.5 Å². The number of hydrogen-bond donors (Lipinski definition) is 0. The van der Waals surface area contributed by atoms with Crippen molar-refractivity contribution in [2.24, 2.45) is 4.99 Å². The molecule has 28 heavy (non-hydrogen) atoms. The molecule has 0 bridgehead atoms. The molecular formula is C21H19N3O3S. The van der Waals surface area contributed by atoms with E-state index in [1.165, 1.54) is 24.3 Å². The van der Waals surface area contributed by atoms with E-state index in [1.54, 1.807) is 11.4 Å². The third-order valence-electron chi connectivity index (χ3n) is 4.10. The van der Waals surface area contributed by atoms with Crippen LogP contribution in [0.15, 0.2) is 88.8 Å². The van der Waals surface area contributed by atoms with Gasteiger partial charge in [-0.3, -0.25) is 14.4 Å². The first-order valence-corrected chi connectivity index (χ1v) is 9.67. The number of benzene rings is 3. The lowest BCUT2D eigenvalue weighted by atomic mass is 10.2. The van der Waals surface area contributed by atoms with E-state index in [0.717, 1.165) is 16.8 Å². The second-order valence-corrected chi connectivity index (χ2v) is 7.65. The Bertz CT molecular complexity index is 1020. The van der Waals surface area contributed by atoms with Gasteiger partial charge in [0.1, 0.15) is 5.84 Å². The monoisotopic (exact) mass is 393 g/mol. The first-order chi connectivity index (χ1) is 13.5. The highest BCUT2D eigenvalue weighted by atomic mass is 32.2. The standard InChI is InChI=1S/C21H19N3O3S/c1-16-8-10-18(11-9-16)22-21(17-6-4-3-5-7-17)23(2)28(27)20-14-12-19(13-15-20)24(25)26/h3-15H,1-2H3. The first-order valence-electron chi connectivity index (χ1n) is 8.56. The molecule has 0 heterocycles. The van der Waals surface area contributed by atoms with E-state index in [4.69, 9.17) is 4.99 Å². The largest absolute Gasteiger partial charge is 0.274 e. The Kier molecular flexibility index (Phi) is 5.96. The minimum absolute atomic E-state index is 0.0417. The summed E-state index contributed by atoms with van der Waals surface area (Å²) < 4.78 is 14.6. The molecule has 0 fully saturated rings. The fraction of sp³-hybridized carbons (Fsp3) is 0.0952. The molecule has 0 aromatic heterocycles. The summed E-state index contributed by atoms with van der Waals surface area (Å²) in [7, 11) is 0.114. The van der Waals surface area contributed by atoms with E-state index in [2.05, 4.69) is 0 Å². The number of rotatable bonds is 5. The Morgan fingerprint density at radius 2 is 1.57 bits per heavy atom. The van der Waals surface area contributed by atoms with E-state index in [0.29, 0.717) is 10.7 Å². The molecule has 3 aromatic carbocycles. The lowest BCUT2D eigenvalue weighted by Crippen LogP contribution is -2.29. The quantitative estimate of drug-likeness (QED) is 0.274. The summed E-state index contributed by atoms with van der Waals surface area (Å²) in [4.78, 5) is 15.5. The number of nitro benzene ring substituents is 1. The molecule has 0 saturated carbocycles. The van der Waals surface area contributed by atoms with Crippen LogP contribution < -0.4 is 0 Å². The summed E-state index contributed by atoms with van der Waals surface area (Å²) >= 11 is 0. The fourth-order valence-electron chi connectivity index (χ4n) is 2.57. The van der Waals surface area contributed by atoms with Crippen LogP contribution in [-0.2, 0) is 11.0 Å². The number of hydrogen-bond acceptors (Lipinski definition) is 4. The van der Waals surface area contributed by atoms with Crippen molar-refractivity contribution in [3.05, 3.63) is 100 Å². The average Bonchev–Trinajstić information content (AvgIpc) is 2.73.